The first-order valence-corrected chi connectivity index (χ1v) is 6.44. The second-order valence-electron chi connectivity index (χ2n) is 3.91. The number of hydrogen-bond acceptors (Lipinski definition) is 3. The van der Waals surface area contributed by atoms with Gasteiger partial charge in [-0.2, -0.15) is 8.78 Å². The zero-order chi connectivity index (χ0) is 12.6. The van der Waals surface area contributed by atoms with Crippen LogP contribution in [0.4, 0.5) is 8.78 Å². The molecule has 1 aromatic heterocycles. The third-order valence-corrected chi connectivity index (χ3v) is 4.47. The number of fused-ring (bicyclic) bond motifs is 1. The van der Waals surface area contributed by atoms with Gasteiger partial charge in [-0.25, -0.2) is 4.79 Å². The van der Waals surface area contributed by atoms with E-state index in [1.165, 1.54) is 7.11 Å². The van der Waals surface area contributed by atoms with Crippen LogP contribution in [-0.4, -0.2) is 13.1 Å². The number of carbonyl (C=O) groups is 1. The van der Waals surface area contributed by atoms with Crippen LogP contribution in [-0.2, 0) is 23.0 Å². The first-order chi connectivity index (χ1) is 7.95. The van der Waals surface area contributed by atoms with E-state index >= 15 is 0 Å². The summed E-state index contributed by atoms with van der Waals surface area (Å²) in [5.41, 5.74) is 1.24. The lowest BCUT2D eigenvalue weighted by atomic mass is 9.92. The summed E-state index contributed by atoms with van der Waals surface area (Å²) >= 11 is 5.84. The highest BCUT2D eigenvalue weighted by atomic mass is 35.5. The van der Waals surface area contributed by atoms with Crippen molar-refractivity contribution >= 4 is 28.9 Å². The molecule has 1 heterocycles. The molecule has 0 radical (unpaired) electrons. The fourth-order valence-electron chi connectivity index (χ4n) is 2.12. The molecular formula is C11H11ClF2O2S. The summed E-state index contributed by atoms with van der Waals surface area (Å²) in [7, 11) is 1.25. The molecule has 17 heavy (non-hydrogen) atoms. The molecule has 0 N–H and O–H groups in total. The van der Waals surface area contributed by atoms with Gasteiger partial charge in [0.15, 0.2) is 0 Å². The molecule has 2 rings (SSSR count). The van der Waals surface area contributed by atoms with Gasteiger partial charge >= 0.3 is 11.4 Å². The quantitative estimate of drug-likeness (QED) is 0.610. The Kier molecular flexibility index (Phi) is 3.41. The molecule has 1 aliphatic rings. The van der Waals surface area contributed by atoms with Crippen molar-refractivity contribution in [1.82, 2.24) is 0 Å². The fourth-order valence-corrected chi connectivity index (χ4v) is 3.53. The van der Waals surface area contributed by atoms with E-state index in [4.69, 9.17) is 11.6 Å². The molecule has 0 amide bonds. The molecule has 1 aromatic rings. The number of hydrogen-bond donors (Lipinski definition) is 0. The maximum Gasteiger partial charge on any atom is 0.357 e. The van der Waals surface area contributed by atoms with Gasteiger partial charge in [0, 0.05) is 0 Å². The van der Waals surface area contributed by atoms with Crippen LogP contribution < -0.4 is 0 Å². The van der Waals surface area contributed by atoms with Gasteiger partial charge in [-0.3, -0.25) is 0 Å². The van der Waals surface area contributed by atoms with Crippen molar-refractivity contribution in [3.63, 3.8) is 0 Å². The molecule has 0 aliphatic heterocycles. The average Bonchev–Trinajstić information content (AvgIpc) is 2.67. The molecule has 0 aromatic carbocycles. The summed E-state index contributed by atoms with van der Waals surface area (Å²) in [5, 5.41) is -3.40. The van der Waals surface area contributed by atoms with Gasteiger partial charge < -0.3 is 4.74 Å². The van der Waals surface area contributed by atoms with Crippen LogP contribution in [0.25, 0.3) is 0 Å². The Morgan fingerprint density at radius 3 is 2.47 bits per heavy atom. The summed E-state index contributed by atoms with van der Waals surface area (Å²) in [6, 6.07) is 0. The van der Waals surface area contributed by atoms with E-state index in [-0.39, 0.29) is 9.75 Å². The van der Waals surface area contributed by atoms with E-state index in [2.05, 4.69) is 4.74 Å². The number of alkyl halides is 3. The second-order valence-corrected chi connectivity index (χ2v) is 5.41. The number of esters is 1. The van der Waals surface area contributed by atoms with Crippen LogP contribution in [0.1, 0.15) is 38.5 Å². The molecule has 2 nitrogen and oxygen atoms in total. The minimum atomic E-state index is -3.40. The Labute approximate surface area is 107 Å². The lowest BCUT2D eigenvalue weighted by molar-refractivity contribution is 0.0605. The zero-order valence-electron chi connectivity index (χ0n) is 9.19. The maximum atomic E-state index is 13.2. The lowest BCUT2D eigenvalue weighted by Crippen LogP contribution is -2.10. The third kappa shape index (κ3) is 2.31. The average molecular weight is 281 g/mol. The summed E-state index contributed by atoms with van der Waals surface area (Å²) < 4.78 is 31.1. The number of carbonyl (C=O) groups excluding carboxylic acids is 1. The lowest BCUT2D eigenvalue weighted by Gasteiger charge is -2.15. The SMILES string of the molecule is COC(=O)c1sc(C(F)(F)Cl)c2c1CCCC2. The molecule has 0 spiro atoms. The highest BCUT2D eigenvalue weighted by molar-refractivity contribution is 7.14. The molecule has 6 heteroatoms. The predicted molar refractivity (Wildman–Crippen MR) is 62.0 cm³/mol. The van der Waals surface area contributed by atoms with Crippen LogP contribution >= 0.6 is 22.9 Å². The Morgan fingerprint density at radius 2 is 1.94 bits per heavy atom. The molecule has 94 valence electrons. The van der Waals surface area contributed by atoms with Crippen molar-refractivity contribution in [3.8, 4) is 0 Å². The van der Waals surface area contributed by atoms with Crippen molar-refractivity contribution in [1.29, 1.82) is 0 Å². The van der Waals surface area contributed by atoms with Gasteiger partial charge in [0.05, 0.1) is 12.0 Å². The standard InChI is InChI=1S/C11H11ClF2O2S/c1-16-10(15)8-6-4-2-3-5-7(6)9(17-8)11(12,13)14/h2-5H2,1H3. The first kappa shape index (κ1) is 12.8. The van der Waals surface area contributed by atoms with E-state index in [0.717, 1.165) is 24.2 Å². The number of methoxy groups -OCH3 is 1. The van der Waals surface area contributed by atoms with Crippen LogP contribution in [0.3, 0.4) is 0 Å². The van der Waals surface area contributed by atoms with Crippen LogP contribution in [0.2, 0.25) is 0 Å². The monoisotopic (exact) mass is 280 g/mol. The highest BCUT2D eigenvalue weighted by Crippen LogP contribution is 2.44. The molecule has 0 bridgehead atoms. The Hall–Kier alpha value is -0.680. The van der Waals surface area contributed by atoms with Crippen molar-refractivity contribution in [2.75, 3.05) is 7.11 Å². The summed E-state index contributed by atoms with van der Waals surface area (Å²) in [4.78, 5) is 11.6. The molecule has 0 atom stereocenters. The van der Waals surface area contributed by atoms with Crippen molar-refractivity contribution in [2.24, 2.45) is 0 Å². The van der Waals surface area contributed by atoms with Crippen molar-refractivity contribution in [2.45, 2.75) is 31.1 Å². The fraction of sp³-hybridized carbons (Fsp3) is 0.545. The third-order valence-electron chi connectivity index (χ3n) is 2.85. The van der Waals surface area contributed by atoms with Gasteiger partial charge in [-0.05, 0) is 48.4 Å². The van der Waals surface area contributed by atoms with Gasteiger partial charge in [-0.1, -0.05) is 0 Å². The van der Waals surface area contributed by atoms with E-state index in [9.17, 15) is 13.6 Å². The van der Waals surface area contributed by atoms with Crippen LogP contribution in [0, 0.1) is 0 Å². The van der Waals surface area contributed by atoms with E-state index < -0.39 is 11.4 Å². The minimum absolute atomic E-state index is 0.200. The highest BCUT2D eigenvalue weighted by Gasteiger charge is 2.37. The molecular weight excluding hydrogens is 270 g/mol. The molecule has 1 aliphatic carbocycles. The van der Waals surface area contributed by atoms with Crippen molar-refractivity contribution < 1.29 is 18.3 Å². The smallest absolute Gasteiger partial charge is 0.357 e. The zero-order valence-corrected chi connectivity index (χ0v) is 10.8. The van der Waals surface area contributed by atoms with Crippen LogP contribution in [0.5, 0.6) is 0 Å². The Bertz CT molecular complexity index is 451. The number of thiophene rings is 1. The second kappa shape index (κ2) is 4.53. The van der Waals surface area contributed by atoms with Crippen molar-refractivity contribution in [3.05, 3.63) is 20.9 Å². The van der Waals surface area contributed by atoms with E-state index in [1.54, 1.807) is 0 Å². The van der Waals surface area contributed by atoms with Gasteiger partial charge in [0.2, 0.25) is 0 Å². The number of halogens is 3. The largest absolute Gasteiger partial charge is 0.465 e. The summed E-state index contributed by atoms with van der Waals surface area (Å²) in [6.45, 7) is 0. The van der Waals surface area contributed by atoms with Crippen LogP contribution in [0.15, 0.2) is 0 Å². The summed E-state index contributed by atoms with van der Waals surface area (Å²) in [6.07, 6.45) is 2.95. The predicted octanol–water partition coefficient (Wildman–Crippen LogP) is 3.70. The topological polar surface area (TPSA) is 26.3 Å². The van der Waals surface area contributed by atoms with Gasteiger partial charge in [0.1, 0.15) is 4.88 Å². The molecule has 0 fully saturated rings. The Morgan fingerprint density at radius 1 is 1.35 bits per heavy atom. The molecule has 0 saturated carbocycles. The van der Waals surface area contributed by atoms with E-state index in [1.807, 2.05) is 0 Å². The first-order valence-electron chi connectivity index (χ1n) is 5.25. The molecule has 0 saturated heterocycles. The van der Waals surface area contributed by atoms with Gasteiger partial charge in [0.25, 0.3) is 0 Å². The molecule has 0 unspecified atom stereocenters. The van der Waals surface area contributed by atoms with E-state index in [0.29, 0.717) is 24.0 Å². The Balaban J connectivity index is 2.55. The summed E-state index contributed by atoms with van der Waals surface area (Å²) in [5.74, 6) is -0.555. The maximum absolute atomic E-state index is 13.2. The normalized spacial score (nSPS) is 15.5. The number of rotatable bonds is 2. The van der Waals surface area contributed by atoms with Gasteiger partial charge in [-0.15, -0.1) is 11.3 Å². The number of ether oxygens (including phenoxy) is 1. The minimum Gasteiger partial charge on any atom is -0.465 e.